The smallest absolute Gasteiger partial charge is 0.407 e. The summed E-state index contributed by atoms with van der Waals surface area (Å²) in [6.07, 6.45) is 6.74. The van der Waals surface area contributed by atoms with E-state index >= 15 is 0 Å². The maximum Gasteiger partial charge on any atom is 0.407 e. The number of alkyl carbamates (subject to hydrolysis) is 1. The average Bonchev–Trinajstić information content (AvgIpc) is 2.46. The van der Waals surface area contributed by atoms with Crippen LogP contribution in [0.3, 0.4) is 0 Å². The molecule has 0 aliphatic heterocycles. The van der Waals surface area contributed by atoms with Gasteiger partial charge in [0.25, 0.3) is 0 Å². The third kappa shape index (κ3) is 8.98. The van der Waals surface area contributed by atoms with Crippen molar-refractivity contribution in [3.05, 3.63) is 0 Å². The molecule has 1 saturated carbocycles. The minimum absolute atomic E-state index is 0.0327. The van der Waals surface area contributed by atoms with Crippen molar-refractivity contribution in [3.63, 3.8) is 0 Å². The minimum atomic E-state index is -0.986. The molecule has 2 atom stereocenters. The molecular weight excluding hydrogens is 320 g/mol. The maximum absolute atomic E-state index is 11.9. The first-order chi connectivity index (χ1) is 11.7. The highest BCUT2D eigenvalue weighted by molar-refractivity contribution is 5.67. The van der Waals surface area contributed by atoms with E-state index in [1.165, 1.54) is 19.3 Å². The normalized spacial score (nSPS) is 25.2. The first-order valence-corrected chi connectivity index (χ1v) is 9.56. The molecular formula is C19H36N2O4. The molecule has 25 heavy (non-hydrogen) atoms. The third-order valence-corrected chi connectivity index (χ3v) is 4.91. The Morgan fingerprint density at radius 2 is 1.80 bits per heavy atom. The fourth-order valence-corrected chi connectivity index (χ4v) is 4.25. The Hall–Kier alpha value is -1.46. The minimum Gasteiger partial charge on any atom is -0.465 e. The zero-order valence-electron chi connectivity index (χ0n) is 16.3. The lowest BCUT2D eigenvalue weighted by Gasteiger charge is -2.46. The van der Waals surface area contributed by atoms with Crippen molar-refractivity contribution in [2.75, 3.05) is 13.2 Å². The number of carbonyl (C=O) groups is 2. The molecule has 146 valence electrons. The molecule has 0 saturated heterocycles. The highest BCUT2D eigenvalue weighted by Gasteiger charge is 2.41. The predicted molar refractivity (Wildman–Crippen MR) is 98.8 cm³/mol. The Morgan fingerprint density at radius 3 is 2.44 bits per heavy atom. The number of carbonyl (C=O) groups excluding carboxylic acids is 1. The van der Waals surface area contributed by atoms with Crippen LogP contribution in [0.2, 0.25) is 0 Å². The van der Waals surface area contributed by atoms with Crippen LogP contribution in [0.4, 0.5) is 9.59 Å². The Labute approximate surface area is 152 Å². The Bertz CT molecular complexity index is 439. The Kier molecular flexibility index (Phi) is 8.53. The summed E-state index contributed by atoms with van der Waals surface area (Å²) in [5.74, 6) is 0. The van der Waals surface area contributed by atoms with Gasteiger partial charge in [0.05, 0.1) is 6.61 Å². The van der Waals surface area contributed by atoms with E-state index in [4.69, 9.17) is 9.84 Å². The quantitative estimate of drug-likeness (QED) is 0.529. The highest BCUT2D eigenvalue weighted by atomic mass is 16.5. The zero-order chi connectivity index (χ0) is 18.9. The number of carboxylic acid groups (broad SMARTS) is 1. The van der Waals surface area contributed by atoms with E-state index in [1.807, 2.05) is 0 Å². The van der Waals surface area contributed by atoms with Gasteiger partial charge in [0.15, 0.2) is 0 Å². The van der Waals surface area contributed by atoms with Crippen LogP contribution < -0.4 is 10.6 Å². The summed E-state index contributed by atoms with van der Waals surface area (Å²) >= 11 is 0. The molecule has 1 aliphatic carbocycles. The van der Waals surface area contributed by atoms with Crippen molar-refractivity contribution in [1.82, 2.24) is 10.6 Å². The lowest BCUT2D eigenvalue weighted by atomic mass is 9.62. The van der Waals surface area contributed by atoms with Gasteiger partial charge in [0.2, 0.25) is 0 Å². The van der Waals surface area contributed by atoms with Gasteiger partial charge in [-0.05, 0) is 36.5 Å². The van der Waals surface area contributed by atoms with Crippen molar-refractivity contribution in [1.29, 1.82) is 0 Å². The number of unbranched alkanes of at least 4 members (excludes halogenated alkanes) is 4. The summed E-state index contributed by atoms with van der Waals surface area (Å²) in [5.41, 5.74) is -0.111. The van der Waals surface area contributed by atoms with Gasteiger partial charge in [-0.15, -0.1) is 0 Å². The van der Waals surface area contributed by atoms with Gasteiger partial charge in [0, 0.05) is 12.6 Å². The molecule has 0 bridgehead atoms. The molecule has 0 radical (unpaired) electrons. The third-order valence-electron chi connectivity index (χ3n) is 4.91. The van der Waals surface area contributed by atoms with Gasteiger partial charge in [-0.25, -0.2) is 9.59 Å². The standard InChI is InChI=1S/C19H36N2O4/c1-5-6-7-8-9-10-25-17(24)20-14-19(4)12-15(21-16(22)23)11-18(2,3)13-19/h15,21H,5-14H2,1-4H3,(H,20,24)(H,22,23). The molecule has 2 amide bonds. The fraction of sp³-hybridized carbons (Fsp3) is 0.895. The second-order valence-electron chi connectivity index (χ2n) is 8.61. The van der Waals surface area contributed by atoms with Crippen LogP contribution in [0.15, 0.2) is 0 Å². The number of hydrogen-bond donors (Lipinski definition) is 3. The van der Waals surface area contributed by atoms with Gasteiger partial charge in [-0.2, -0.15) is 0 Å². The van der Waals surface area contributed by atoms with Gasteiger partial charge in [-0.1, -0.05) is 53.4 Å². The second kappa shape index (κ2) is 9.88. The van der Waals surface area contributed by atoms with Gasteiger partial charge >= 0.3 is 12.2 Å². The van der Waals surface area contributed by atoms with Crippen LogP contribution >= 0.6 is 0 Å². The van der Waals surface area contributed by atoms with Crippen molar-refractivity contribution in [2.24, 2.45) is 10.8 Å². The van der Waals surface area contributed by atoms with Crippen LogP contribution in [0.1, 0.15) is 79.1 Å². The molecule has 1 rings (SSSR count). The maximum atomic E-state index is 11.9. The fourth-order valence-electron chi connectivity index (χ4n) is 4.25. The lowest BCUT2D eigenvalue weighted by Crippen LogP contribution is -2.50. The van der Waals surface area contributed by atoms with E-state index in [0.717, 1.165) is 32.1 Å². The number of rotatable bonds is 9. The number of hydrogen-bond acceptors (Lipinski definition) is 3. The number of ether oxygens (including phenoxy) is 1. The SMILES string of the molecule is CCCCCCCOC(=O)NCC1(C)CC(NC(=O)O)CC(C)(C)C1. The van der Waals surface area contributed by atoms with Gasteiger partial charge in [0.1, 0.15) is 0 Å². The van der Waals surface area contributed by atoms with Crippen molar-refractivity contribution >= 4 is 12.2 Å². The van der Waals surface area contributed by atoms with Crippen LogP contribution in [0.25, 0.3) is 0 Å². The summed E-state index contributed by atoms with van der Waals surface area (Å²) in [7, 11) is 0. The van der Waals surface area contributed by atoms with Crippen molar-refractivity contribution < 1.29 is 19.4 Å². The van der Waals surface area contributed by atoms with E-state index in [0.29, 0.717) is 13.2 Å². The molecule has 0 aromatic heterocycles. The molecule has 2 unspecified atom stereocenters. The van der Waals surface area contributed by atoms with E-state index in [2.05, 4.69) is 38.3 Å². The number of nitrogens with one attached hydrogen (secondary N) is 2. The molecule has 1 fully saturated rings. The number of amides is 2. The average molecular weight is 357 g/mol. The lowest BCUT2D eigenvalue weighted by molar-refractivity contribution is 0.0662. The Balaban J connectivity index is 2.37. The van der Waals surface area contributed by atoms with Crippen LogP contribution in [0.5, 0.6) is 0 Å². The second-order valence-corrected chi connectivity index (χ2v) is 8.61. The van der Waals surface area contributed by atoms with Crippen LogP contribution in [0, 0.1) is 10.8 Å². The van der Waals surface area contributed by atoms with Gasteiger partial charge in [-0.3, -0.25) is 0 Å². The highest BCUT2D eigenvalue weighted by Crippen LogP contribution is 2.45. The first kappa shape index (κ1) is 21.6. The summed E-state index contributed by atoms with van der Waals surface area (Å²) in [4.78, 5) is 22.9. The van der Waals surface area contributed by atoms with Crippen molar-refractivity contribution in [2.45, 2.75) is 85.1 Å². The monoisotopic (exact) mass is 356 g/mol. The van der Waals surface area contributed by atoms with E-state index in [1.54, 1.807) is 0 Å². The summed E-state index contributed by atoms with van der Waals surface area (Å²) in [5, 5.41) is 14.5. The molecule has 0 spiro atoms. The van der Waals surface area contributed by atoms with E-state index < -0.39 is 6.09 Å². The largest absolute Gasteiger partial charge is 0.465 e. The molecule has 6 nitrogen and oxygen atoms in total. The molecule has 0 aromatic rings. The first-order valence-electron chi connectivity index (χ1n) is 9.56. The topological polar surface area (TPSA) is 87.7 Å². The summed E-state index contributed by atoms with van der Waals surface area (Å²) in [6, 6.07) is -0.0809. The molecule has 6 heteroatoms. The van der Waals surface area contributed by atoms with Crippen molar-refractivity contribution in [3.8, 4) is 0 Å². The summed E-state index contributed by atoms with van der Waals surface area (Å²) in [6.45, 7) is 9.54. The zero-order valence-corrected chi connectivity index (χ0v) is 16.3. The summed E-state index contributed by atoms with van der Waals surface area (Å²) < 4.78 is 5.24. The van der Waals surface area contributed by atoms with Gasteiger partial charge < -0.3 is 20.5 Å². The van der Waals surface area contributed by atoms with Crippen LogP contribution in [-0.2, 0) is 4.74 Å². The molecule has 0 aromatic carbocycles. The van der Waals surface area contributed by atoms with E-state index in [-0.39, 0.29) is 23.0 Å². The molecule has 3 N–H and O–H groups in total. The predicted octanol–water partition coefficient (Wildman–Crippen LogP) is 4.54. The Morgan fingerprint density at radius 1 is 1.12 bits per heavy atom. The molecule has 0 heterocycles. The molecule has 1 aliphatic rings. The van der Waals surface area contributed by atoms with Crippen LogP contribution in [-0.4, -0.2) is 36.5 Å². The van der Waals surface area contributed by atoms with E-state index in [9.17, 15) is 9.59 Å².